The molecule has 0 heterocycles. The number of hydrogen-bond donors (Lipinski definition) is 2. The van der Waals surface area contributed by atoms with E-state index in [1.807, 2.05) is 0 Å². The minimum atomic E-state index is -2.97. The number of nitrogens with two attached hydrogens (primary N) is 1. The summed E-state index contributed by atoms with van der Waals surface area (Å²) in [6, 6.07) is 0. The van der Waals surface area contributed by atoms with E-state index in [0.717, 1.165) is 0 Å². The molecule has 0 aliphatic rings. The number of carbonyl (C=O) groups excluding carboxylic acids is 3. The molecule has 0 fully saturated rings. The van der Waals surface area contributed by atoms with Crippen LogP contribution in [0.4, 0.5) is 0 Å². The molecule has 0 aromatic carbocycles. The summed E-state index contributed by atoms with van der Waals surface area (Å²) in [7, 11) is 0. The van der Waals surface area contributed by atoms with Gasteiger partial charge in [0.15, 0.2) is 0 Å². The average molecular weight is 302 g/mol. The van der Waals surface area contributed by atoms with Crippen LogP contribution in [0, 0.1) is 0 Å². The third-order valence-corrected chi connectivity index (χ3v) is 1.42. The summed E-state index contributed by atoms with van der Waals surface area (Å²) < 4.78 is 0. The van der Waals surface area contributed by atoms with Gasteiger partial charge in [0.05, 0.1) is 5.97 Å². The number of carboxylic acids is 3. The zero-order chi connectivity index (χ0) is 14.1. The second-order valence-electron chi connectivity index (χ2n) is 2.94. The predicted octanol–water partition coefficient (Wildman–Crippen LogP) is -5.12. The van der Waals surface area contributed by atoms with Crippen molar-refractivity contribution >= 4 is 17.9 Å². The normalized spacial score (nSPS) is 9.22. The van der Waals surface area contributed by atoms with Gasteiger partial charge < -0.3 is 40.5 Å². The van der Waals surface area contributed by atoms with Gasteiger partial charge in [-0.2, -0.15) is 0 Å². The fourth-order valence-corrected chi connectivity index (χ4v) is 0.684. The van der Waals surface area contributed by atoms with Crippen molar-refractivity contribution in [1.82, 2.24) is 0 Å². The number of aliphatic hydroxyl groups is 1. The third-order valence-electron chi connectivity index (χ3n) is 1.42. The molecule has 0 spiro atoms. The molecule has 0 bridgehead atoms. The van der Waals surface area contributed by atoms with Crippen molar-refractivity contribution < 1.29 is 51.9 Å². The van der Waals surface area contributed by atoms with Crippen LogP contribution >= 0.6 is 0 Å². The summed E-state index contributed by atoms with van der Waals surface area (Å²) in [6.45, 7) is 3.94. The van der Waals surface area contributed by atoms with E-state index in [1.165, 1.54) is 0 Å². The first-order valence-corrected chi connectivity index (χ1v) is 4.34. The van der Waals surface area contributed by atoms with Crippen LogP contribution in [-0.2, 0) is 31.5 Å². The zero-order valence-corrected chi connectivity index (χ0v) is 10.3. The Morgan fingerprint density at radius 1 is 1.17 bits per heavy atom. The topological polar surface area (TPSA) is 167 Å². The molecule has 0 atom stereocenters. The average Bonchev–Trinajstić information content (AvgIpc) is 2.15. The number of hydrogen-bond acceptors (Lipinski definition) is 8. The van der Waals surface area contributed by atoms with Crippen LogP contribution < -0.4 is 21.1 Å². The Balaban J connectivity index is -0.000000392. The van der Waals surface area contributed by atoms with Gasteiger partial charge in [-0.15, -0.1) is 6.58 Å². The molecule has 1 radical (unpaired) electrons. The minimum absolute atomic E-state index is 0. The van der Waals surface area contributed by atoms with E-state index >= 15 is 0 Å². The van der Waals surface area contributed by atoms with Gasteiger partial charge in [0.1, 0.15) is 5.60 Å². The Labute approximate surface area is 114 Å². The summed E-state index contributed by atoms with van der Waals surface area (Å²) in [6.07, 6.45) is -1.06. The molecule has 3 N–H and O–H groups in total. The maximum atomic E-state index is 10.1. The minimum Gasteiger partial charge on any atom is -0.550 e. The van der Waals surface area contributed by atoms with Crippen LogP contribution in [0.15, 0.2) is 12.7 Å². The molecule has 0 aliphatic carbocycles. The maximum absolute atomic E-state index is 10.1. The first kappa shape index (κ1) is 21.8. The Bertz CT molecular complexity index is 289. The molecule has 18 heavy (non-hydrogen) atoms. The van der Waals surface area contributed by atoms with Crippen molar-refractivity contribution in [3.05, 3.63) is 12.7 Å². The van der Waals surface area contributed by atoms with E-state index < -0.39 is 36.4 Å². The monoisotopic (exact) mass is 302 g/mol. The molecule has 0 amide bonds. The third kappa shape index (κ3) is 11.1. The Hall–Kier alpha value is -1.41. The second kappa shape index (κ2) is 10.7. The van der Waals surface area contributed by atoms with Gasteiger partial charge in [-0.05, 0) is 0 Å². The molecular formula is C9H12FeNO7. The quantitative estimate of drug-likeness (QED) is 0.363. The van der Waals surface area contributed by atoms with Crippen molar-refractivity contribution in [3.63, 3.8) is 0 Å². The summed E-state index contributed by atoms with van der Waals surface area (Å²) in [5.74, 6) is -5.98. The number of aliphatic carboxylic acids is 3. The molecule has 0 aromatic rings. The summed E-state index contributed by atoms with van der Waals surface area (Å²) in [4.78, 5) is 30.0. The van der Waals surface area contributed by atoms with Crippen LogP contribution in [0.3, 0.4) is 0 Å². The molecule has 0 unspecified atom stereocenters. The van der Waals surface area contributed by atoms with E-state index in [1.54, 1.807) is 6.08 Å². The molecule has 8 nitrogen and oxygen atoms in total. The molecule has 0 saturated heterocycles. The van der Waals surface area contributed by atoms with E-state index in [2.05, 4.69) is 6.58 Å². The zero-order valence-electron chi connectivity index (χ0n) is 9.23. The van der Waals surface area contributed by atoms with Crippen LogP contribution in [0.25, 0.3) is 0 Å². The fraction of sp³-hybridized carbons (Fsp3) is 0.444. The van der Waals surface area contributed by atoms with Crippen molar-refractivity contribution in [2.24, 2.45) is 5.73 Å². The molecule has 0 aliphatic heterocycles. The first-order chi connectivity index (χ1) is 7.69. The molecular weight excluding hydrogens is 290 g/mol. The van der Waals surface area contributed by atoms with Gasteiger partial charge in [-0.3, -0.25) is 0 Å². The van der Waals surface area contributed by atoms with Crippen LogP contribution in [0.5, 0.6) is 0 Å². The van der Waals surface area contributed by atoms with Gasteiger partial charge in [-0.1, -0.05) is 6.08 Å². The van der Waals surface area contributed by atoms with E-state index in [0.29, 0.717) is 6.54 Å². The largest absolute Gasteiger partial charge is 3.00 e. The van der Waals surface area contributed by atoms with Crippen molar-refractivity contribution in [3.8, 4) is 0 Å². The van der Waals surface area contributed by atoms with E-state index in [9.17, 15) is 29.7 Å². The van der Waals surface area contributed by atoms with Crippen molar-refractivity contribution in [2.45, 2.75) is 18.4 Å². The van der Waals surface area contributed by atoms with E-state index in [-0.39, 0.29) is 17.1 Å². The number of carbonyl (C=O) groups is 3. The number of rotatable bonds is 6. The summed E-state index contributed by atoms with van der Waals surface area (Å²) >= 11 is 0. The second-order valence-corrected chi connectivity index (χ2v) is 2.94. The van der Waals surface area contributed by atoms with Gasteiger partial charge in [0.2, 0.25) is 0 Å². The molecule has 103 valence electrons. The fourth-order valence-electron chi connectivity index (χ4n) is 0.684. The van der Waals surface area contributed by atoms with Gasteiger partial charge in [0, 0.05) is 31.3 Å². The molecule has 0 aromatic heterocycles. The van der Waals surface area contributed by atoms with Crippen molar-refractivity contribution in [1.29, 1.82) is 0 Å². The summed E-state index contributed by atoms with van der Waals surface area (Å²) in [5, 5.41) is 38.9. The van der Waals surface area contributed by atoms with Gasteiger partial charge in [0.25, 0.3) is 0 Å². The van der Waals surface area contributed by atoms with Crippen molar-refractivity contribution in [2.75, 3.05) is 6.54 Å². The summed E-state index contributed by atoms with van der Waals surface area (Å²) in [5.41, 5.74) is 1.94. The Morgan fingerprint density at radius 3 is 1.56 bits per heavy atom. The molecule has 0 rings (SSSR count). The predicted molar refractivity (Wildman–Crippen MR) is 48.5 cm³/mol. The van der Waals surface area contributed by atoms with Crippen LogP contribution in [0.1, 0.15) is 12.8 Å². The van der Waals surface area contributed by atoms with Gasteiger partial charge >= 0.3 is 17.1 Å². The standard InChI is InChI=1S/C6H8O7.C3H7N.Fe/c7-3(8)1-6(13,5(11)12)2-4(9)10;1-2-3-4;/h13H,1-2H2,(H,7,8)(H,9,10)(H,11,12);2H,1,3-4H2;/q;;+3/p-3. The van der Waals surface area contributed by atoms with Gasteiger partial charge in [-0.25, -0.2) is 0 Å². The SMILES string of the molecule is C=CCN.O=C([O-])CC(O)(CC(=O)[O-])C(=O)[O-].[Fe+3]. The van der Waals surface area contributed by atoms with E-state index in [4.69, 9.17) is 10.8 Å². The Morgan fingerprint density at radius 2 is 1.44 bits per heavy atom. The van der Waals surface area contributed by atoms with Crippen LogP contribution in [0.2, 0.25) is 0 Å². The molecule has 9 heteroatoms. The van der Waals surface area contributed by atoms with Crippen LogP contribution in [-0.4, -0.2) is 35.2 Å². The first-order valence-electron chi connectivity index (χ1n) is 4.34. The maximum Gasteiger partial charge on any atom is 3.00 e. The molecule has 0 saturated carbocycles. The smallest absolute Gasteiger partial charge is 0.550 e. The Kier molecular flexibility index (Phi) is 13.0. The number of carboxylic acid groups (broad SMARTS) is 3.